The van der Waals surface area contributed by atoms with Gasteiger partial charge in [-0.05, 0) is 92.4 Å². The summed E-state index contributed by atoms with van der Waals surface area (Å²) in [5, 5.41) is 21.3. The van der Waals surface area contributed by atoms with Gasteiger partial charge < -0.3 is 19.7 Å². The number of allylic oxidation sites excluding steroid dienone is 2. The van der Waals surface area contributed by atoms with Gasteiger partial charge in [0, 0.05) is 30.3 Å². The van der Waals surface area contributed by atoms with Crippen molar-refractivity contribution in [1.82, 2.24) is 0 Å². The third-order valence-electron chi connectivity index (χ3n) is 12.5. The summed E-state index contributed by atoms with van der Waals surface area (Å²) in [7, 11) is 0. The van der Waals surface area contributed by atoms with E-state index in [4.69, 9.17) is 9.47 Å². The molecular formula is C34H52O7. The highest BCUT2D eigenvalue weighted by Gasteiger charge is 2.69. The number of ether oxygens (including phenoxy) is 2. The fraction of sp³-hybridized carbons (Fsp3) is 0.794. The van der Waals surface area contributed by atoms with Crippen LogP contribution in [0.4, 0.5) is 0 Å². The molecule has 0 spiro atoms. The highest BCUT2D eigenvalue weighted by Crippen LogP contribution is 2.73. The molecule has 4 aliphatic rings. The van der Waals surface area contributed by atoms with Crippen molar-refractivity contribution in [3.63, 3.8) is 0 Å². The van der Waals surface area contributed by atoms with E-state index in [1.54, 1.807) is 13.0 Å². The Kier molecular flexibility index (Phi) is 8.40. The Hall–Kier alpha value is -2.15. The molecule has 230 valence electrons. The lowest BCUT2D eigenvalue weighted by Gasteiger charge is -2.63. The lowest BCUT2D eigenvalue weighted by Crippen LogP contribution is -2.59. The van der Waals surface area contributed by atoms with Crippen LogP contribution in [0, 0.1) is 39.4 Å². The third-order valence-corrected chi connectivity index (χ3v) is 12.5. The van der Waals surface area contributed by atoms with Crippen molar-refractivity contribution in [3.8, 4) is 0 Å². The number of esters is 2. The molecule has 0 aromatic rings. The second-order valence-corrected chi connectivity index (χ2v) is 14.9. The van der Waals surface area contributed by atoms with Gasteiger partial charge in [0.1, 0.15) is 12.2 Å². The molecule has 9 unspecified atom stereocenters. The molecule has 0 heterocycles. The summed E-state index contributed by atoms with van der Waals surface area (Å²) in [4.78, 5) is 35.7. The lowest BCUT2D eigenvalue weighted by atomic mass is 9.42. The summed E-state index contributed by atoms with van der Waals surface area (Å²) in [5.74, 6) is -0.726. The van der Waals surface area contributed by atoms with Gasteiger partial charge in [0.25, 0.3) is 0 Å². The molecule has 2 N–H and O–H groups in total. The smallest absolute Gasteiger partial charge is 0.330 e. The van der Waals surface area contributed by atoms with E-state index < -0.39 is 17.5 Å². The second kappa shape index (κ2) is 10.8. The molecule has 0 saturated heterocycles. The molecule has 4 rings (SSSR count). The van der Waals surface area contributed by atoms with Gasteiger partial charge in [-0.1, -0.05) is 53.2 Å². The van der Waals surface area contributed by atoms with Crippen LogP contribution in [0.2, 0.25) is 0 Å². The minimum Gasteiger partial charge on any atom is -0.478 e. The normalized spacial score (nSPS) is 40.6. The van der Waals surface area contributed by atoms with Gasteiger partial charge >= 0.3 is 17.9 Å². The number of hydrogen-bond acceptors (Lipinski definition) is 6. The van der Waals surface area contributed by atoms with E-state index in [-0.39, 0.29) is 52.2 Å². The van der Waals surface area contributed by atoms with Crippen molar-refractivity contribution in [2.45, 2.75) is 132 Å². The molecule has 0 radical (unpaired) electrons. The topological polar surface area (TPSA) is 110 Å². The van der Waals surface area contributed by atoms with Crippen molar-refractivity contribution < 1.29 is 34.1 Å². The summed E-state index contributed by atoms with van der Waals surface area (Å²) >= 11 is 0. The molecule has 4 aliphatic carbocycles. The van der Waals surface area contributed by atoms with Gasteiger partial charge in [0.15, 0.2) is 0 Å². The van der Waals surface area contributed by atoms with E-state index in [1.807, 2.05) is 0 Å². The fourth-order valence-electron chi connectivity index (χ4n) is 10.2. The van der Waals surface area contributed by atoms with E-state index in [0.29, 0.717) is 24.3 Å². The highest BCUT2D eigenvalue weighted by atomic mass is 16.5. The Morgan fingerprint density at radius 3 is 2.17 bits per heavy atom. The van der Waals surface area contributed by atoms with Crippen LogP contribution in [0.3, 0.4) is 0 Å². The number of aliphatic carboxylic acids is 1. The number of rotatable bonds is 7. The minimum atomic E-state index is -0.886. The standard InChI is InChI=1S/C34H52O7/c1-19(11-10-12-20(2)30(38)39)24-17-28(41-22(4)36)34(9)29-23(13-16-33(24,34)8)32(7)15-14-27(40-21(3)35)31(5,6)26(32)18-25(29)37/h12,19,24-28,37H,10-11,13-18H2,1-9H3,(H,38,39)/b20-12-. The van der Waals surface area contributed by atoms with Crippen LogP contribution in [0.5, 0.6) is 0 Å². The maximum atomic E-state index is 12.4. The molecular weight excluding hydrogens is 520 g/mol. The molecule has 0 bridgehead atoms. The molecule has 2 saturated carbocycles. The number of fused-ring (bicyclic) bond motifs is 4. The molecule has 7 nitrogen and oxygen atoms in total. The monoisotopic (exact) mass is 572 g/mol. The first-order valence-electron chi connectivity index (χ1n) is 15.6. The molecule has 7 heteroatoms. The van der Waals surface area contributed by atoms with Crippen LogP contribution < -0.4 is 0 Å². The largest absolute Gasteiger partial charge is 0.478 e. The van der Waals surface area contributed by atoms with Gasteiger partial charge in [-0.2, -0.15) is 0 Å². The zero-order chi connectivity index (χ0) is 30.7. The quantitative estimate of drug-likeness (QED) is 0.200. The number of hydrogen-bond donors (Lipinski definition) is 2. The maximum absolute atomic E-state index is 12.4. The zero-order valence-corrected chi connectivity index (χ0v) is 26.6. The van der Waals surface area contributed by atoms with E-state index in [0.717, 1.165) is 44.1 Å². The van der Waals surface area contributed by atoms with Crippen molar-refractivity contribution in [2.24, 2.45) is 39.4 Å². The summed E-state index contributed by atoms with van der Waals surface area (Å²) in [5.41, 5.74) is 1.67. The molecule has 2 fully saturated rings. The van der Waals surface area contributed by atoms with Crippen molar-refractivity contribution in [2.75, 3.05) is 0 Å². The molecule has 41 heavy (non-hydrogen) atoms. The number of carbonyl (C=O) groups excluding carboxylic acids is 2. The predicted octanol–water partition coefficient (Wildman–Crippen LogP) is 6.63. The number of aliphatic hydroxyl groups excluding tert-OH is 1. The Bertz CT molecular complexity index is 1150. The summed E-state index contributed by atoms with van der Waals surface area (Å²) < 4.78 is 11.9. The van der Waals surface area contributed by atoms with E-state index in [9.17, 15) is 24.6 Å². The van der Waals surface area contributed by atoms with Gasteiger partial charge in [-0.25, -0.2) is 4.79 Å². The van der Waals surface area contributed by atoms with Crippen LogP contribution in [0.15, 0.2) is 22.8 Å². The van der Waals surface area contributed by atoms with Crippen molar-refractivity contribution in [1.29, 1.82) is 0 Å². The maximum Gasteiger partial charge on any atom is 0.330 e. The van der Waals surface area contributed by atoms with Gasteiger partial charge in [0.05, 0.1) is 6.10 Å². The summed E-state index contributed by atoms with van der Waals surface area (Å²) in [6, 6.07) is 0. The molecule has 0 aliphatic heterocycles. The van der Waals surface area contributed by atoms with E-state index in [1.165, 1.54) is 19.4 Å². The molecule has 9 atom stereocenters. The van der Waals surface area contributed by atoms with Crippen molar-refractivity contribution in [3.05, 3.63) is 22.8 Å². The predicted molar refractivity (Wildman–Crippen MR) is 157 cm³/mol. The number of aliphatic hydroxyl groups is 1. The van der Waals surface area contributed by atoms with Gasteiger partial charge in [-0.15, -0.1) is 0 Å². The van der Waals surface area contributed by atoms with Gasteiger partial charge in [0.2, 0.25) is 0 Å². The van der Waals surface area contributed by atoms with Crippen molar-refractivity contribution >= 4 is 17.9 Å². The fourth-order valence-corrected chi connectivity index (χ4v) is 10.2. The minimum absolute atomic E-state index is 0.136. The molecule has 0 aromatic heterocycles. The lowest BCUT2D eigenvalue weighted by molar-refractivity contribution is -0.171. The Morgan fingerprint density at radius 2 is 1.59 bits per heavy atom. The van der Waals surface area contributed by atoms with E-state index in [2.05, 4.69) is 41.5 Å². The SMILES string of the molecule is CC(=O)OC1CCC2(C)C3=C(C(O)CC2C1(C)C)C1(C)C(OC(C)=O)CC(C(C)CC/C=C(/C)C(=O)O)C1(C)CC3. The van der Waals surface area contributed by atoms with Crippen LogP contribution in [0.1, 0.15) is 114 Å². The first-order chi connectivity index (χ1) is 18.9. The first-order valence-corrected chi connectivity index (χ1v) is 15.6. The molecule has 0 amide bonds. The van der Waals surface area contributed by atoms with Crippen LogP contribution >= 0.6 is 0 Å². The second-order valence-electron chi connectivity index (χ2n) is 14.9. The van der Waals surface area contributed by atoms with Crippen LogP contribution in [-0.4, -0.2) is 46.4 Å². The highest BCUT2D eigenvalue weighted by molar-refractivity contribution is 5.85. The molecule has 0 aromatic carbocycles. The average Bonchev–Trinajstić information content (AvgIpc) is 3.08. The third kappa shape index (κ3) is 4.98. The Balaban J connectivity index is 1.75. The van der Waals surface area contributed by atoms with Crippen LogP contribution in [0.25, 0.3) is 0 Å². The van der Waals surface area contributed by atoms with Crippen LogP contribution in [-0.2, 0) is 23.9 Å². The number of carboxylic acids is 1. The first kappa shape index (κ1) is 31.8. The summed E-state index contributed by atoms with van der Waals surface area (Å²) in [6.45, 7) is 18.1. The van der Waals surface area contributed by atoms with Gasteiger partial charge in [-0.3, -0.25) is 9.59 Å². The Labute approximate surface area is 246 Å². The average molecular weight is 573 g/mol. The number of carboxylic acid groups (broad SMARTS) is 1. The number of carbonyl (C=O) groups is 3. The summed E-state index contributed by atoms with van der Waals surface area (Å²) in [6.07, 6.45) is 7.04. The zero-order valence-electron chi connectivity index (χ0n) is 26.6. The van der Waals surface area contributed by atoms with E-state index >= 15 is 0 Å². The Morgan fingerprint density at radius 1 is 0.976 bits per heavy atom.